The van der Waals surface area contributed by atoms with Crippen LogP contribution in [0.25, 0.3) is 5.57 Å². The summed E-state index contributed by atoms with van der Waals surface area (Å²) in [6.07, 6.45) is 3.29. The van der Waals surface area contributed by atoms with E-state index in [1.807, 2.05) is 6.07 Å². The molecule has 0 aliphatic carbocycles. The molecule has 0 aliphatic heterocycles. The average Bonchev–Trinajstić information content (AvgIpc) is 2.09. The van der Waals surface area contributed by atoms with Gasteiger partial charge in [-0.2, -0.15) is 0 Å². The highest BCUT2D eigenvalue weighted by atomic mass is 14.0. The topological polar surface area (TPSA) is 0 Å². The normalized spacial score (nSPS) is 11.6. The highest BCUT2D eigenvalue weighted by molar-refractivity contribution is 5.64. The van der Waals surface area contributed by atoms with Gasteiger partial charge in [-0.3, -0.25) is 0 Å². The monoisotopic (exact) mass is 146 g/mol. The fraction of sp³-hybridized carbons (Fsp3) is 0.273. The molecule has 0 N–H and O–H groups in total. The Hall–Kier alpha value is -1.04. The second-order valence-electron chi connectivity index (χ2n) is 2.53. The predicted octanol–water partition coefficient (Wildman–Crippen LogP) is 3.50. The van der Waals surface area contributed by atoms with Gasteiger partial charge in [-0.1, -0.05) is 43.3 Å². The molecule has 58 valence electrons. The summed E-state index contributed by atoms with van der Waals surface area (Å²) in [5.74, 6) is 0. The van der Waals surface area contributed by atoms with Crippen LogP contribution in [-0.2, 0) is 0 Å². The van der Waals surface area contributed by atoms with Crippen molar-refractivity contribution < 1.29 is 0 Å². The van der Waals surface area contributed by atoms with Crippen LogP contribution in [0.5, 0.6) is 0 Å². The zero-order valence-corrected chi connectivity index (χ0v) is 7.17. The largest absolute Gasteiger partial charge is 0.0839 e. The molecule has 0 saturated carbocycles. The van der Waals surface area contributed by atoms with E-state index in [9.17, 15) is 0 Å². The molecule has 0 atom stereocenters. The lowest BCUT2D eigenvalue weighted by Gasteiger charge is -2.01. The lowest BCUT2D eigenvalue weighted by molar-refractivity contribution is 1.23. The van der Waals surface area contributed by atoms with Gasteiger partial charge in [0, 0.05) is 0 Å². The second kappa shape index (κ2) is 3.97. The fourth-order valence-electron chi connectivity index (χ4n) is 1.23. The summed E-state index contributed by atoms with van der Waals surface area (Å²) >= 11 is 0. The SMILES string of the molecule is CC=C(CC)c1ccccc1. The van der Waals surface area contributed by atoms with Crippen LogP contribution in [0.2, 0.25) is 0 Å². The van der Waals surface area contributed by atoms with Crippen LogP contribution in [0.4, 0.5) is 0 Å². The Balaban J connectivity index is 2.92. The molecular weight excluding hydrogens is 132 g/mol. The third kappa shape index (κ3) is 1.94. The first-order valence-corrected chi connectivity index (χ1v) is 4.09. The lowest BCUT2D eigenvalue weighted by Crippen LogP contribution is -1.79. The van der Waals surface area contributed by atoms with E-state index in [0.29, 0.717) is 0 Å². The van der Waals surface area contributed by atoms with Crippen molar-refractivity contribution in [1.82, 2.24) is 0 Å². The molecule has 0 nitrogen and oxygen atoms in total. The summed E-state index contributed by atoms with van der Waals surface area (Å²) in [5, 5.41) is 0. The number of rotatable bonds is 2. The summed E-state index contributed by atoms with van der Waals surface area (Å²) in [5.41, 5.74) is 2.77. The molecule has 0 aromatic heterocycles. The van der Waals surface area contributed by atoms with Gasteiger partial charge in [0.1, 0.15) is 0 Å². The maximum absolute atomic E-state index is 2.18. The van der Waals surface area contributed by atoms with Gasteiger partial charge < -0.3 is 0 Å². The van der Waals surface area contributed by atoms with Crippen LogP contribution >= 0.6 is 0 Å². The van der Waals surface area contributed by atoms with Gasteiger partial charge in [0.05, 0.1) is 0 Å². The fourth-order valence-corrected chi connectivity index (χ4v) is 1.23. The third-order valence-corrected chi connectivity index (χ3v) is 1.87. The smallest absolute Gasteiger partial charge is 0.0228 e. The van der Waals surface area contributed by atoms with Crippen molar-refractivity contribution in [2.24, 2.45) is 0 Å². The van der Waals surface area contributed by atoms with E-state index in [2.05, 4.69) is 44.2 Å². The van der Waals surface area contributed by atoms with Gasteiger partial charge >= 0.3 is 0 Å². The van der Waals surface area contributed by atoms with Crippen molar-refractivity contribution >= 4 is 5.57 Å². The maximum Gasteiger partial charge on any atom is -0.0228 e. The van der Waals surface area contributed by atoms with E-state index in [-0.39, 0.29) is 0 Å². The van der Waals surface area contributed by atoms with Crippen molar-refractivity contribution in [1.29, 1.82) is 0 Å². The Bertz CT molecular complexity index is 231. The van der Waals surface area contributed by atoms with Crippen molar-refractivity contribution in [2.75, 3.05) is 0 Å². The Morgan fingerprint density at radius 3 is 2.36 bits per heavy atom. The molecular formula is C11H14. The van der Waals surface area contributed by atoms with Crippen LogP contribution in [0, 0.1) is 0 Å². The minimum absolute atomic E-state index is 1.11. The van der Waals surface area contributed by atoms with E-state index in [1.54, 1.807) is 0 Å². The molecule has 0 radical (unpaired) electrons. The second-order valence-corrected chi connectivity index (χ2v) is 2.53. The highest BCUT2D eigenvalue weighted by Gasteiger charge is 1.93. The van der Waals surface area contributed by atoms with Crippen LogP contribution in [0.1, 0.15) is 25.8 Å². The van der Waals surface area contributed by atoms with Gasteiger partial charge in [-0.25, -0.2) is 0 Å². The molecule has 1 rings (SSSR count). The first kappa shape index (κ1) is 8.06. The molecule has 0 saturated heterocycles. The molecule has 0 unspecified atom stereocenters. The molecule has 0 amide bonds. The maximum atomic E-state index is 2.18. The Labute approximate surface area is 68.6 Å². The Morgan fingerprint density at radius 2 is 1.91 bits per heavy atom. The quantitative estimate of drug-likeness (QED) is 0.599. The van der Waals surface area contributed by atoms with Gasteiger partial charge in [0.2, 0.25) is 0 Å². The molecule has 1 aromatic carbocycles. The van der Waals surface area contributed by atoms with E-state index in [4.69, 9.17) is 0 Å². The van der Waals surface area contributed by atoms with Gasteiger partial charge in [0.15, 0.2) is 0 Å². The minimum atomic E-state index is 1.11. The number of benzene rings is 1. The summed E-state index contributed by atoms with van der Waals surface area (Å²) in [6.45, 7) is 4.27. The van der Waals surface area contributed by atoms with Crippen molar-refractivity contribution in [3.63, 3.8) is 0 Å². The molecule has 0 heteroatoms. The number of allylic oxidation sites excluding steroid dienone is 2. The van der Waals surface area contributed by atoms with E-state index in [1.165, 1.54) is 11.1 Å². The number of hydrogen-bond acceptors (Lipinski definition) is 0. The van der Waals surface area contributed by atoms with E-state index in [0.717, 1.165) is 6.42 Å². The van der Waals surface area contributed by atoms with Crippen molar-refractivity contribution in [3.8, 4) is 0 Å². The number of hydrogen-bond donors (Lipinski definition) is 0. The first-order valence-electron chi connectivity index (χ1n) is 4.09. The third-order valence-electron chi connectivity index (χ3n) is 1.87. The molecule has 0 heterocycles. The molecule has 0 spiro atoms. The Morgan fingerprint density at radius 1 is 1.27 bits per heavy atom. The molecule has 0 bridgehead atoms. The standard InChI is InChI=1S/C11H14/c1-3-10(4-2)11-8-6-5-7-9-11/h3,5-9H,4H2,1-2H3. The zero-order valence-electron chi connectivity index (χ0n) is 7.17. The lowest BCUT2D eigenvalue weighted by atomic mass is 10.0. The first-order chi connectivity index (χ1) is 5.38. The van der Waals surface area contributed by atoms with Gasteiger partial charge in [-0.05, 0) is 24.5 Å². The van der Waals surface area contributed by atoms with Crippen molar-refractivity contribution in [2.45, 2.75) is 20.3 Å². The van der Waals surface area contributed by atoms with Crippen molar-refractivity contribution in [3.05, 3.63) is 42.0 Å². The molecule has 11 heavy (non-hydrogen) atoms. The predicted molar refractivity (Wildman–Crippen MR) is 50.4 cm³/mol. The van der Waals surface area contributed by atoms with Gasteiger partial charge in [0.25, 0.3) is 0 Å². The average molecular weight is 146 g/mol. The van der Waals surface area contributed by atoms with E-state index < -0.39 is 0 Å². The van der Waals surface area contributed by atoms with Crippen LogP contribution in [0.3, 0.4) is 0 Å². The van der Waals surface area contributed by atoms with E-state index >= 15 is 0 Å². The van der Waals surface area contributed by atoms with Crippen LogP contribution < -0.4 is 0 Å². The summed E-state index contributed by atoms with van der Waals surface area (Å²) in [7, 11) is 0. The molecule has 0 fully saturated rings. The Kier molecular flexibility index (Phi) is 2.91. The highest BCUT2D eigenvalue weighted by Crippen LogP contribution is 2.16. The molecule has 1 aromatic rings. The summed E-state index contributed by atoms with van der Waals surface area (Å²) in [4.78, 5) is 0. The van der Waals surface area contributed by atoms with Gasteiger partial charge in [-0.15, -0.1) is 0 Å². The van der Waals surface area contributed by atoms with Crippen LogP contribution in [-0.4, -0.2) is 0 Å². The summed E-state index contributed by atoms with van der Waals surface area (Å²) < 4.78 is 0. The zero-order chi connectivity index (χ0) is 8.10. The minimum Gasteiger partial charge on any atom is -0.0839 e. The van der Waals surface area contributed by atoms with Crippen LogP contribution in [0.15, 0.2) is 36.4 Å². The molecule has 0 aliphatic rings. The summed E-state index contributed by atoms with van der Waals surface area (Å²) in [6, 6.07) is 10.5.